The van der Waals surface area contributed by atoms with E-state index in [4.69, 9.17) is 0 Å². The number of carbonyl (C=O) groups is 1. The van der Waals surface area contributed by atoms with Crippen LogP contribution in [0.25, 0.3) is 11.6 Å². The van der Waals surface area contributed by atoms with Crippen LogP contribution in [0.2, 0.25) is 0 Å². The zero-order valence-electron chi connectivity index (χ0n) is 11.1. The highest BCUT2D eigenvalue weighted by Crippen LogP contribution is 2.29. The number of amides is 1. The van der Waals surface area contributed by atoms with Crippen LogP contribution in [0.1, 0.15) is 18.1 Å². The Labute approximate surface area is 117 Å². The van der Waals surface area contributed by atoms with Crippen LogP contribution in [0.5, 0.6) is 0 Å². The Morgan fingerprint density at radius 3 is 2.45 bits per heavy atom. The maximum Gasteiger partial charge on any atom is 0.256 e. The number of hydrogen-bond acceptors (Lipinski definition) is 2. The summed E-state index contributed by atoms with van der Waals surface area (Å²) in [6, 6.07) is 13.5. The highest BCUT2D eigenvalue weighted by Gasteiger charge is 2.24. The molecule has 0 unspecified atom stereocenters. The lowest BCUT2D eigenvalue weighted by atomic mass is 10.0. The number of rotatable bonds is 2. The summed E-state index contributed by atoms with van der Waals surface area (Å²) >= 11 is 0. The molecule has 1 aliphatic heterocycles. The summed E-state index contributed by atoms with van der Waals surface area (Å²) in [5.74, 6) is -0.0472. The first-order valence-electron chi connectivity index (χ1n) is 6.45. The van der Waals surface area contributed by atoms with E-state index in [1.165, 1.54) is 0 Å². The summed E-state index contributed by atoms with van der Waals surface area (Å²) in [6.45, 7) is 1.97. The molecule has 2 heterocycles. The number of hydrogen-bond donors (Lipinski definition) is 1. The topological polar surface area (TPSA) is 42.0 Å². The van der Waals surface area contributed by atoms with Crippen molar-refractivity contribution < 1.29 is 4.79 Å². The third kappa shape index (κ3) is 2.26. The minimum Gasteiger partial charge on any atom is -0.322 e. The van der Waals surface area contributed by atoms with Gasteiger partial charge in [-0.3, -0.25) is 9.78 Å². The number of pyridine rings is 1. The Morgan fingerprint density at radius 1 is 1.05 bits per heavy atom. The van der Waals surface area contributed by atoms with Crippen LogP contribution in [0.3, 0.4) is 0 Å². The summed E-state index contributed by atoms with van der Waals surface area (Å²) in [6.07, 6.45) is 5.44. The van der Waals surface area contributed by atoms with Gasteiger partial charge >= 0.3 is 0 Å². The first kappa shape index (κ1) is 12.4. The predicted molar refractivity (Wildman–Crippen MR) is 79.4 cm³/mol. The fraction of sp³-hybridized carbons (Fsp3) is 0.0588. The van der Waals surface area contributed by atoms with Gasteiger partial charge in [-0.15, -0.1) is 0 Å². The van der Waals surface area contributed by atoms with E-state index in [9.17, 15) is 4.79 Å². The van der Waals surface area contributed by atoms with Crippen LogP contribution in [-0.4, -0.2) is 10.9 Å². The minimum absolute atomic E-state index is 0.0472. The number of carbonyl (C=O) groups excluding carboxylic acids is 1. The molecule has 0 radical (unpaired) electrons. The molecule has 0 saturated heterocycles. The lowest BCUT2D eigenvalue weighted by Crippen LogP contribution is -2.15. The fourth-order valence-electron chi connectivity index (χ4n) is 2.31. The van der Waals surface area contributed by atoms with E-state index >= 15 is 0 Å². The van der Waals surface area contributed by atoms with Crippen molar-refractivity contribution in [3.63, 3.8) is 0 Å². The molecule has 0 saturated carbocycles. The molecule has 1 amide bonds. The van der Waals surface area contributed by atoms with Crippen LogP contribution < -0.4 is 5.32 Å². The van der Waals surface area contributed by atoms with E-state index in [2.05, 4.69) is 10.3 Å². The molecular weight excluding hydrogens is 248 g/mol. The molecule has 98 valence electrons. The van der Waals surface area contributed by atoms with E-state index in [0.29, 0.717) is 0 Å². The van der Waals surface area contributed by atoms with Crippen molar-refractivity contribution >= 4 is 17.6 Å². The zero-order chi connectivity index (χ0) is 13.9. The zero-order valence-corrected chi connectivity index (χ0v) is 11.1. The minimum atomic E-state index is -0.0472. The third-order valence-corrected chi connectivity index (χ3v) is 3.33. The molecule has 1 aliphatic rings. The second-order valence-corrected chi connectivity index (χ2v) is 4.66. The lowest BCUT2D eigenvalue weighted by molar-refractivity contribution is -0.114. The van der Waals surface area contributed by atoms with Gasteiger partial charge in [-0.05, 0) is 41.8 Å². The Bertz CT molecular complexity index is 700. The van der Waals surface area contributed by atoms with E-state index in [1.54, 1.807) is 12.4 Å². The average Bonchev–Trinajstić information content (AvgIpc) is 2.75. The summed E-state index contributed by atoms with van der Waals surface area (Å²) in [5, 5.41) is 2.93. The van der Waals surface area contributed by atoms with Crippen molar-refractivity contribution in [3.8, 4) is 0 Å². The summed E-state index contributed by atoms with van der Waals surface area (Å²) < 4.78 is 0. The molecule has 1 aromatic heterocycles. The number of benzene rings is 1. The van der Waals surface area contributed by atoms with Crippen LogP contribution in [-0.2, 0) is 4.79 Å². The van der Waals surface area contributed by atoms with Crippen LogP contribution in [0.4, 0.5) is 0 Å². The summed E-state index contributed by atoms with van der Waals surface area (Å²) in [4.78, 5) is 16.2. The second kappa shape index (κ2) is 5.13. The normalized spacial score (nSPS) is 16.6. The smallest absolute Gasteiger partial charge is 0.256 e. The highest BCUT2D eigenvalue weighted by molar-refractivity contribution is 6.25. The van der Waals surface area contributed by atoms with Gasteiger partial charge < -0.3 is 5.32 Å². The maximum absolute atomic E-state index is 12.2. The van der Waals surface area contributed by atoms with Gasteiger partial charge in [-0.1, -0.05) is 30.3 Å². The van der Waals surface area contributed by atoms with Gasteiger partial charge in [0.05, 0.1) is 5.57 Å². The molecule has 1 aromatic carbocycles. The van der Waals surface area contributed by atoms with Crippen LogP contribution in [0, 0.1) is 0 Å². The third-order valence-electron chi connectivity index (χ3n) is 3.33. The highest BCUT2D eigenvalue weighted by atomic mass is 16.2. The Balaban J connectivity index is 2.03. The number of allylic oxidation sites excluding steroid dienone is 1. The van der Waals surface area contributed by atoms with E-state index in [1.807, 2.05) is 55.5 Å². The maximum atomic E-state index is 12.2. The fourth-order valence-corrected chi connectivity index (χ4v) is 2.31. The molecule has 0 bridgehead atoms. The molecule has 0 atom stereocenters. The quantitative estimate of drug-likeness (QED) is 0.904. The van der Waals surface area contributed by atoms with Gasteiger partial charge in [0.1, 0.15) is 0 Å². The largest absolute Gasteiger partial charge is 0.322 e. The van der Waals surface area contributed by atoms with Crippen molar-refractivity contribution in [3.05, 3.63) is 77.3 Å². The SMILES string of the molecule is CC1=C(c2ccccc2)C(=O)N/C1=C/c1ccncc1. The van der Waals surface area contributed by atoms with Crippen molar-refractivity contribution in [2.75, 3.05) is 0 Å². The van der Waals surface area contributed by atoms with Gasteiger partial charge in [0, 0.05) is 18.1 Å². The van der Waals surface area contributed by atoms with Gasteiger partial charge in [-0.2, -0.15) is 0 Å². The van der Waals surface area contributed by atoms with E-state index in [-0.39, 0.29) is 5.91 Å². The van der Waals surface area contributed by atoms with Crippen molar-refractivity contribution in [1.29, 1.82) is 0 Å². The number of nitrogens with zero attached hydrogens (tertiary/aromatic N) is 1. The lowest BCUT2D eigenvalue weighted by Gasteiger charge is -2.00. The van der Waals surface area contributed by atoms with Gasteiger partial charge in [0.25, 0.3) is 5.91 Å². The van der Waals surface area contributed by atoms with Gasteiger partial charge in [0.15, 0.2) is 0 Å². The Morgan fingerprint density at radius 2 is 1.75 bits per heavy atom. The molecule has 3 rings (SSSR count). The molecule has 20 heavy (non-hydrogen) atoms. The standard InChI is InChI=1S/C17H14N2O/c1-12-15(11-13-7-9-18-10-8-13)19-17(20)16(12)14-5-3-2-4-6-14/h2-11H,1H3,(H,19,20)/b15-11+. The van der Waals surface area contributed by atoms with Gasteiger partial charge in [0.2, 0.25) is 0 Å². The first-order chi connectivity index (χ1) is 9.75. The van der Waals surface area contributed by atoms with Crippen LogP contribution in [0.15, 0.2) is 66.1 Å². The molecule has 3 nitrogen and oxygen atoms in total. The Hall–Kier alpha value is -2.68. The van der Waals surface area contributed by atoms with Crippen molar-refractivity contribution in [1.82, 2.24) is 10.3 Å². The molecule has 0 aliphatic carbocycles. The van der Waals surface area contributed by atoms with E-state index < -0.39 is 0 Å². The molecule has 3 heteroatoms. The number of nitrogens with one attached hydrogen (secondary N) is 1. The molecule has 2 aromatic rings. The monoisotopic (exact) mass is 262 g/mol. The average molecular weight is 262 g/mol. The van der Waals surface area contributed by atoms with E-state index in [0.717, 1.165) is 28.0 Å². The molecule has 0 fully saturated rings. The first-order valence-corrected chi connectivity index (χ1v) is 6.45. The van der Waals surface area contributed by atoms with Gasteiger partial charge in [-0.25, -0.2) is 0 Å². The van der Waals surface area contributed by atoms with Crippen molar-refractivity contribution in [2.24, 2.45) is 0 Å². The number of aromatic nitrogens is 1. The molecule has 0 spiro atoms. The second-order valence-electron chi connectivity index (χ2n) is 4.66. The summed E-state index contributed by atoms with van der Waals surface area (Å²) in [7, 11) is 0. The molecule has 1 N–H and O–H groups in total. The van der Waals surface area contributed by atoms with Crippen LogP contribution >= 0.6 is 0 Å². The summed E-state index contributed by atoms with van der Waals surface area (Å²) in [5.41, 5.74) is 4.52. The molecular formula is C17H14N2O. The van der Waals surface area contributed by atoms with Crippen molar-refractivity contribution in [2.45, 2.75) is 6.92 Å². The predicted octanol–water partition coefficient (Wildman–Crippen LogP) is 3.03. The Kier molecular flexibility index (Phi) is 3.17.